The number of piperidine rings is 1. The van der Waals surface area contributed by atoms with Gasteiger partial charge < -0.3 is 19.9 Å². The lowest BCUT2D eigenvalue weighted by atomic mass is 9.98. The highest BCUT2D eigenvalue weighted by molar-refractivity contribution is 5.85. The number of anilines is 2. The number of fused-ring (bicyclic) bond motifs is 3. The van der Waals surface area contributed by atoms with E-state index >= 15 is 0 Å². The van der Waals surface area contributed by atoms with Gasteiger partial charge in [-0.25, -0.2) is 19.3 Å². The van der Waals surface area contributed by atoms with Crippen molar-refractivity contribution >= 4 is 33.6 Å². The van der Waals surface area contributed by atoms with E-state index in [1.165, 1.54) is 5.52 Å². The zero-order valence-electron chi connectivity index (χ0n) is 24.1. The van der Waals surface area contributed by atoms with Crippen LogP contribution in [0.2, 0.25) is 0 Å². The van der Waals surface area contributed by atoms with Gasteiger partial charge in [-0.3, -0.25) is 4.79 Å². The molecule has 216 valence electrons. The van der Waals surface area contributed by atoms with Gasteiger partial charge in [-0.1, -0.05) is 19.1 Å². The molecule has 10 nitrogen and oxygen atoms in total. The Hall–Kier alpha value is -4.28. The Morgan fingerprint density at radius 2 is 2.00 bits per heavy atom. The zero-order chi connectivity index (χ0) is 29.0. The molecule has 4 aromatic heterocycles. The van der Waals surface area contributed by atoms with E-state index < -0.39 is 5.60 Å². The molecule has 0 saturated carbocycles. The molecule has 7 rings (SSSR count). The summed E-state index contributed by atoms with van der Waals surface area (Å²) in [7, 11) is 2.18. The number of aromatic nitrogens is 6. The van der Waals surface area contributed by atoms with Crippen LogP contribution in [0.3, 0.4) is 0 Å². The van der Waals surface area contributed by atoms with Crippen LogP contribution in [-0.2, 0) is 18.6 Å². The topological polar surface area (TPSA) is 106 Å². The molecule has 1 aliphatic carbocycles. The van der Waals surface area contributed by atoms with Crippen molar-refractivity contribution in [1.82, 2.24) is 33.8 Å². The number of nitrogens with zero attached hydrogens (tertiary/aromatic N) is 7. The smallest absolute Gasteiger partial charge is 0.278 e. The van der Waals surface area contributed by atoms with E-state index in [0.29, 0.717) is 47.4 Å². The number of hydrogen-bond acceptors (Lipinski definition) is 7. The van der Waals surface area contributed by atoms with E-state index in [1.807, 2.05) is 25.1 Å². The standard InChI is InChI=1S/C32H36N8O2/c1-4-15-39-30(41)25-20-33-31(36-29(25)40(39)27-9-6-21-10-14-32(42,5-2)28(21)35-27)34-23-7-8-26-22(19-23)11-18-38(26)24-12-16-37(3)17-13-24/h4,6-9,11,18-20,24,42H,1,5,10,12-17H2,2-3H3,(H,33,34,36)/t32-/m1/s1. The first-order valence-electron chi connectivity index (χ1n) is 14.8. The first kappa shape index (κ1) is 26.6. The van der Waals surface area contributed by atoms with Crippen LogP contribution in [0.15, 0.2) is 66.2 Å². The number of hydrogen-bond donors (Lipinski definition) is 2. The fourth-order valence-corrected chi connectivity index (χ4v) is 6.58. The summed E-state index contributed by atoms with van der Waals surface area (Å²) in [6.07, 6.45) is 9.72. The molecular formula is C32H36N8O2. The predicted octanol–water partition coefficient (Wildman–Crippen LogP) is 4.67. The van der Waals surface area contributed by atoms with Gasteiger partial charge in [0.15, 0.2) is 11.5 Å². The van der Waals surface area contributed by atoms with Gasteiger partial charge in [-0.2, -0.15) is 4.98 Å². The Kier molecular flexibility index (Phi) is 6.47. The molecule has 0 bridgehead atoms. The van der Waals surface area contributed by atoms with Gasteiger partial charge in [0.2, 0.25) is 5.95 Å². The zero-order valence-corrected chi connectivity index (χ0v) is 24.1. The minimum atomic E-state index is -0.968. The third-order valence-electron chi connectivity index (χ3n) is 9.05. The Bertz CT molecular complexity index is 1880. The number of aryl methyl sites for hydroxylation is 1. The van der Waals surface area contributed by atoms with Gasteiger partial charge in [0.05, 0.1) is 12.2 Å². The third kappa shape index (κ3) is 4.33. The number of likely N-dealkylation sites (tertiary alicyclic amines) is 1. The minimum absolute atomic E-state index is 0.221. The van der Waals surface area contributed by atoms with Gasteiger partial charge in [-0.15, -0.1) is 6.58 Å². The minimum Gasteiger partial charge on any atom is -0.384 e. The summed E-state index contributed by atoms with van der Waals surface area (Å²) in [5, 5.41) is 16.1. The van der Waals surface area contributed by atoms with Crippen molar-refractivity contribution in [3.05, 3.63) is 83.1 Å². The summed E-state index contributed by atoms with van der Waals surface area (Å²) in [4.78, 5) is 30.0. The molecule has 0 amide bonds. The molecule has 2 N–H and O–H groups in total. The Balaban J connectivity index is 1.26. The maximum absolute atomic E-state index is 13.4. The number of aliphatic hydroxyl groups is 1. The van der Waals surface area contributed by atoms with Crippen LogP contribution < -0.4 is 10.9 Å². The summed E-state index contributed by atoms with van der Waals surface area (Å²) in [6.45, 7) is 8.32. The van der Waals surface area contributed by atoms with E-state index in [9.17, 15) is 9.90 Å². The second kappa shape index (κ2) is 10.2. The lowest BCUT2D eigenvalue weighted by Gasteiger charge is -2.30. The maximum Gasteiger partial charge on any atom is 0.278 e. The fourth-order valence-electron chi connectivity index (χ4n) is 6.58. The summed E-state index contributed by atoms with van der Waals surface area (Å²) in [5.41, 5.74) is 3.05. The van der Waals surface area contributed by atoms with Crippen molar-refractivity contribution in [3.63, 3.8) is 0 Å². The Morgan fingerprint density at radius 1 is 1.17 bits per heavy atom. The molecule has 1 atom stereocenters. The van der Waals surface area contributed by atoms with Crippen LogP contribution in [0, 0.1) is 0 Å². The molecule has 0 radical (unpaired) electrons. The molecule has 1 saturated heterocycles. The van der Waals surface area contributed by atoms with Gasteiger partial charge >= 0.3 is 0 Å². The molecule has 1 fully saturated rings. The highest BCUT2D eigenvalue weighted by Crippen LogP contribution is 2.38. The van der Waals surface area contributed by atoms with E-state index in [4.69, 9.17) is 9.97 Å². The van der Waals surface area contributed by atoms with Crippen molar-refractivity contribution in [3.8, 4) is 5.82 Å². The second-order valence-electron chi connectivity index (χ2n) is 11.6. The SMILES string of the molecule is C=CCn1c(=O)c2cnc(Nc3ccc4c(ccn4C4CCN(C)CC4)c3)nc2n1-c1ccc2c(n1)[C@@](O)(CC)CC2. The normalized spacial score (nSPS) is 19.5. The van der Waals surface area contributed by atoms with Crippen molar-refractivity contribution in [1.29, 1.82) is 0 Å². The van der Waals surface area contributed by atoms with Crippen molar-refractivity contribution in [2.24, 2.45) is 0 Å². The second-order valence-corrected chi connectivity index (χ2v) is 11.6. The molecule has 1 aromatic carbocycles. The van der Waals surface area contributed by atoms with Crippen LogP contribution >= 0.6 is 0 Å². The molecule has 42 heavy (non-hydrogen) atoms. The average Bonchev–Trinajstić information content (AvgIpc) is 3.66. The molecule has 0 unspecified atom stereocenters. The van der Waals surface area contributed by atoms with Crippen LogP contribution in [0.4, 0.5) is 11.6 Å². The number of nitrogens with one attached hydrogen (secondary N) is 1. The van der Waals surface area contributed by atoms with Crippen LogP contribution in [-0.4, -0.2) is 59.0 Å². The largest absolute Gasteiger partial charge is 0.384 e. The fraction of sp³-hybridized carbons (Fsp3) is 0.375. The van der Waals surface area contributed by atoms with Gasteiger partial charge in [0.25, 0.3) is 5.56 Å². The number of rotatable bonds is 7. The summed E-state index contributed by atoms with van der Waals surface area (Å²) in [6, 6.07) is 12.9. The molecule has 5 heterocycles. The molecule has 1 aliphatic heterocycles. The van der Waals surface area contributed by atoms with Crippen LogP contribution in [0.1, 0.15) is 49.9 Å². The van der Waals surface area contributed by atoms with Crippen molar-refractivity contribution < 1.29 is 5.11 Å². The van der Waals surface area contributed by atoms with E-state index in [-0.39, 0.29) is 12.1 Å². The number of pyridine rings is 1. The van der Waals surface area contributed by atoms with Crippen LogP contribution in [0.5, 0.6) is 0 Å². The first-order valence-corrected chi connectivity index (χ1v) is 14.8. The van der Waals surface area contributed by atoms with E-state index in [2.05, 4.69) is 57.8 Å². The quantitative estimate of drug-likeness (QED) is 0.277. The molecule has 2 aliphatic rings. The summed E-state index contributed by atoms with van der Waals surface area (Å²) >= 11 is 0. The number of allylic oxidation sites excluding steroid dienone is 1. The van der Waals surface area contributed by atoms with Crippen molar-refractivity contribution in [2.75, 3.05) is 25.5 Å². The summed E-state index contributed by atoms with van der Waals surface area (Å²) < 4.78 is 5.67. The van der Waals surface area contributed by atoms with Gasteiger partial charge in [-0.05, 0) is 88.1 Å². The van der Waals surface area contributed by atoms with Crippen molar-refractivity contribution in [2.45, 2.75) is 57.2 Å². The van der Waals surface area contributed by atoms with Gasteiger partial charge in [0, 0.05) is 35.0 Å². The average molecular weight is 565 g/mol. The lowest BCUT2D eigenvalue weighted by Crippen LogP contribution is -2.31. The highest BCUT2D eigenvalue weighted by Gasteiger charge is 2.37. The van der Waals surface area contributed by atoms with Crippen LogP contribution in [0.25, 0.3) is 27.8 Å². The maximum atomic E-state index is 13.4. The third-order valence-corrected chi connectivity index (χ3v) is 9.05. The van der Waals surface area contributed by atoms with Gasteiger partial charge in [0.1, 0.15) is 11.0 Å². The lowest BCUT2D eigenvalue weighted by molar-refractivity contribution is 0.0306. The monoisotopic (exact) mass is 564 g/mol. The highest BCUT2D eigenvalue weighted by atomic mass is 16.3. The predicted molar refractivity (Wildman–Crippen MR) is 165 cm³/mol. The first-order chi connectivity index (χ1) is 20.4. The number of benzene rings is 1. The molecule has 10 heteroatoms. The molecule has 0 spiro atoms. The Labute approximate surface area is 243 Å². The molecule has 5 aromatic rings. The Morgan fingerprint density at radius 3 is 2.79 bits per heavy atom. The van der Waals surface area contributed by atoms with E-state index in [1.54, 1.807) is 21.6 Å². The summed E-state index contributed by atoms with van der Waals surface area (Å²) in [5.74, 6) is 0.908. The molecular weight excluding hydrogens is 528 g/mol. The van der Waals surface area contributed by atoms with E-state index in [0.717, 1.165) is 49.0 Å².